The molecule has 0 aliphatic carbocycles. The number of fused-ring (bicyclic) bond motifs is 3. The largest absolute Gasteiger partial charge is 0.320 e. The van der Waals surface area contributed by atoms with Gasteiger partial charge in [0.2, 0.25) is 0 Å². The fourth-order valence-electron chi connectivity index (χ4n) is 3.84. The standard InChI is InChI=1S/C22H25N3/c1-16-4-5-21-20(14-16)19-8-12-24(3)13-9-22(19)25(21)15-17(2)18-6-10-23-11-7-18/h4-7,10-11,14-15H,8-9,12-13H2,1-3H3. The van der Waals surface area contributed by atoms with Gasteiger partial charge in [0, 0.05) is 49.2 Å². The Morgan fingerprint density at radius 2 is 1.84 bits per heavy atom. The van der Waals surface area contributed by atoms with Crippen LogP contribution in [-0.4, -0.2) is 34.6 Å². The van der Waals surface area contributed by atoms with Crippen molar-refractivity contribution in [2.24, 2.45) is 0 Å². The minimum atomic E-state index is 1.10. The molecule has 3 heterocycles. The van der Waals surface area contributed by atoms with E-state index in [1.165, 1.54) is 38.9 Å². The summed E-state index contributed by atoms with van der Waals surface area (Å²) in [7, 11) is 2.22. The molecule has 0 bridgehead atoms. The number of likely N-dealkylation sites (N-methyl/N-ethyl adjacent to an activating group) is 1. The summed E-state index contributed by atoms with van der Waals surface area (Å²) in [6, 6.07) is 11.0. The molecule has 0 amide bonds. The second-order valence-corrected chi connectivity index (χ2v) is 7.17. The second kappa shape index (κ2) is 6.49. The van der Waals surface area contributed by atoms with Crippen molar-refractivity contribution >= 4 is 22.7 Å². The molecule has 3 aromatic rings. The summed E-state index contributed by atoms with van der Waals surface area (Å²) < 4.78 is 2.43. The number of hydrogen-bond acceptors (Lipinski definition) is 2. The first-order chi connectivity index (χ1) is 12.1. The van der Waals surface area contributed by atoms with Crippen LogP contribution >= 0.6 is 0 Å². The number of aryl methyl sites for hydroxylation is 1. The highest BCUT2D eigenvalue weighted by molar-refractivity contribution is 5.90. The Labute approximate surface area is 149 Å². The van der Waals surface area contributed by atoms with Gasteiger partial charge in [-0.25, -0.2) is 0 Å². The van der Waals surface area contributed by atoms with Gasteiger partial charge >= 0.3 is 0 Å². The third-order valence-corrected chi connectivity index (χ3v) is 5.31. The first kappa shape index (κ1) is 16.1. The van der Waals surface area contributed by atoms with Gasteiger partial charge in [-0.1, -0.05) is 11.6 Å². The molecule has 0 spiro atoms. The van der Waals surface area contributed by atoms with E-state index < -0.39 is 0 Å². The maximum absolute atomic E-state index is 4.14. The van der Waals surface area contributed by atoms with Crippen molar-refractivity contribution < 1.29 is 0 Å². The number of aromatic nitrogens is 2. The van der Waals surface area contributed by atoms with E-state index >= 15 is 0 Å². The number of benzene rings is 1. The molecule has 1 aromatic carbocycles. The van der Waals surface area contributed by atoms with Crippen molar-refractivity contribution in [2.75, 3.05) is 20.1 Å². The quantitative estimate of drug-likeness (QED) is 0.694. The van der Waals surface area contributed by atoms with Crippen molar-refractivity contribution in [1.82, 2.24) is 14.5 Å². The molecule has 2 aromatic heterocycles. The molecule has 0 saturated carbocycles. The lowest BCUT2D eigenvalue weighted by Crippen LogP contribution is -2.21. The zero-order valence-electron chi connectivity index (χ0n) is 15.3. The Hall–Kier alpha value is -2.39. The molecule has 1 aliphatic rings. The molecule has 0 fully saturated rings. The summed E-state index contributed by atoms with van der Waals surface area (Å²) in [6.45, 7) is 6.62. The Kier molecular flexibility index (Phi) is 4.18. The van der Waals surface area contributed by atoms with Gasteiger partial charge in [0.15, 0.2) is 0 Å². The topological polar surface area (TPSA) is 21.1 Å². The monoisotopic (exact) mass is 331 g/mol. The van der Waals surface area contributed by atoms with Crippen molar-refractivity contribution in [3.8, 4) is 0 Å². The van der Waals surface area contributed by atoms with Crippen LogP contribution in [-0.2, 0) is 12.8 Å². The molecular formula is C22H25N3. The molecule has 0 unspecified atom stereocenters. The summed E-state index contributed by atoms with van der Waals surface area (Å²) in [5.74, 6) is 0. The highest BCUT2D eigenvalue weighted by Crippen LogP contribution is 2.31. The zero-order chi connectivity index (χ0) is 17.4. The lowest BCUT2D eigenvalue weighted by molar-refractivity contribution is 0.351. The average Bonchev–Trinajstić information content (AvgIpc) is 2.76. The number of allylic oxidation sites excluding steroid dienone is 1. The molecule has 0 atom stereocenters. The summed E-state index contributed by atoms with van der Waals surface area (Å²) in [5.41, 5.74) is 8.15. The van der Waals surface area contributed by atoms with E-state index in [1.54, 1.807) is 0 Å². The normalized spacial score (nSPS) is 16.0. The van der Waals surface area contributed by atoms with E-state index in [0.29, 0.717) is 0 Å². The van der Waals surface area contributed by atoms with Crippen molar-refractivity contribution in [2.45, 2.75) is 26.7 Å². The maximum Gasteiger partial charge on any atom is 0.0528 e. The Morgan fingerprint density at radius 3 is 2.64 bits per heavy atom. The third-order valence-electron chi connectivity index (χ3n) is 5.31. The van der Waals surface area contributed by atoms with Gasteiger partial charge in [-0.3, -0.25) is 4.98 Å². The summed E-state index contributed by atoms with van der Waals surface area (Å²) in [5, 5.41) is 1.42. The first-order valence-electron chi connectivity index (χ1n) is 9.03. The average molecular weight is 331 g/mol. The maximum atomic E-state index is 4.14. The molecule has 1 aliphatic heterocycles. The van der Waals surface area contributed by atoms with Crippen LogP contribution < -0.4 is 0 Å². The molecular weight excluding hydrogens is 306 g/mol. The smallest absolute Gasteiger partial charge is 0.0528 e. The fraction of sp³-hybridized carbons (Fsp3) is 0.318. The van der Waals surface area contributed by atoms with E-state index in [-0.39, 0.29) is 0 Å². The van der Waals surface area contributed by atoms with Crippen LogP contribution in [0.25, 0.3) is 22.7 Å². The Bertz CT molecular complexity index is 935. The predicted octanol–water partition coefficient (Wildman–Crippen LogP) is 4.39. The van der Waals surface area contributed by atoms with Crippen molar-refractivity contribution in [1.29, 1.82) is 0 Å². The fourth-order valence-corrected chi connectivity index (χ4v) is 3.84. The van der Waals surface area contributed by atoms with E-state index in [2.05, 4.69) is 71.9 Å². The van der Waals surface area contributed by atoms with E-state index in [1.807, 2.05) is 12.4 Å². The Balaban J connectivity index is 1.91. The SMILES string of the molecule is CC(=Cn1c2c(c3cc(C)ccc31)CCN(C)CC2)c1ccncc1. The van der Waals surface area contributed by atoms with E-state index in [9.17, 15) is 0 Å². The molecule has 0 N–H and O–H groups in total. The minimum Gasteiger partial charge on any atom is -0.320 e. The number of nitrogens with zero attached hydrogens (tertiary/aromatic N) is 3. The van der Waals surface area contributed by atoms with Crippen LogP contribution in [0.2, 0.25) is 0 Å². The van der Waals surface area contributed by atoms with Crippen LogP contribution in [0.4, 0.5) is 0 Å². The summed E-state index contributed by atoms with van der Waals surface area (Å²) in [6.07, 6.45) is 8.25. The van der Waals surface area contributed by atoms with Gasteiger partial charge in [-0.05, 0) is 68.3 Å². The Morgan fingerprint density at radius 1 is 1.08 bits per heavy atom. The highest BCUT2D eigenvalue weighted by atomic mass is 15.1. The first-order valence-corrected chi connectivity index (χ1v) is 9.03. The molecule has 25 heavy (non-hydrogen) atoms. The van der Waals surface area contributed by atoms with Crippen LogP contribution in [0.3, 0.4) is 0 Å². The van der Waals surface area contributed by atoms with Crippen LogP contribution in [0.1, 0.15) is 29.3 Å². The van der Waals surface area contributed by atoms with Crippen LogP contribution in [0, 0.1) is 6.92 Å². The molecule has 3 nitrogen and oxygen atoms in total. The highest BCUT2D eigenvalue weighted by Gasteiger charge is 2.20. The molecule has 128 valence electrons. The van der Waals surface area contributed by atoms with Gasteiger partial charge in [-0.2, -0.15) is 0 Å². The number of pyridine rings is 1. The zero-order valence-corrected chi connectivity index (χ0v) is 15.3. The second-order valence-electron chi connectivity index (χ2n) is 7.17. The molecule has 0 saturated heterocycles. The summed E-state index contributed by atoms with van der Waals surface area (Å²) >= 11 is 0. The lowest BCUT2D eigenvalue weighted by atomic mass is 10.1. The molecule has 0 radical (unpaired) electrons. The van der Waals surface area contributed by atoms with Gasteiger partial charge < -0.3 is 9.47 Å². The third kappa shape index (κ3) is 3.00. The van der Waals surface area contributed by atoms with Crippen molar-refractivity contribution in [3.63, 3.8) is 0 Å². The molecule has 3 heteroatoms. The van der Waals surface area contributed by atoms with Gasteiger partial charge in [0.25, 0.3) is 0 Å². The van der Waals surface area contributed by atoms with Gasteiger partial charge in [0.1, 0.15) is 0 Å². The van der Waals surface area contributed by atoms with Crippen molar-refractivity contribution in [3.05, 3.63) is 65.1 Å². The van der Waals surface area contributed by atoms with E-state index in [4.69, 9.17) is 0 Å². The molecule has 4 rings (SSSR count). The van der Waals surface area contributed by atoms with Gasteiger partial charge in [0.05, 0.1) is 5.52 Å². The number of hydrogen-bond donors (Lipinski definition) is 0. The van der Waals surface area contributed by atoms with Gasteiger partial charge in [-0.15, -0.1) is 0 Å². The predicted molar refractivity (Wildman–Crippen MR) is 106 cm³/mol. The van der Waals surface area contributed by atoms with Crippen LogP contribution in [0.15, 0.2) is 42.7 Å². The van der Waals surface area contributed by atoms with Crippen LogP contribution in [0.5, 0.6) is 0 Å². The van der Waals surface area contributed by atoms with E-state index in [0.717, 1.165) is 25.9 Å². The lowest BCUT2D eigenvalue weighted by Gasteiger charge is -2.13. The minimum absolute atomic E-state index is 1.10. The number of rotatable bonds is 2. The summed E-state index contributed by atoms with van der Waals surface area (Å²) in [4.78, 5) is 6.57.